The van der Waals surface area contributed by atoms with Crippen LogP contribution in [0.25, 0.3) is 17.0 Å². The van der Waals surface area contributed by atoms with Gasteiger partial charge < -0.3 is 5.10 Å². The Kier molecular flexibility index (Phi) is 2.70. The summed E-state index contributed by atoms with van der Waals surface area (Å²) in [6, 6.07) is 2.77. The molecule has 0 unspecified atom stereocenters. The third kappa shape index (κ3) is 2.17. The third-order valence-corrected chi connectivity index (χ3v) is 2.22. The third-order valence-electron chi connectivity index (χ3n) is 2.22. The Balaban J connectivity index is 0.00000176. The van der Waals surface area contributed by atoms with Gasteiger partial charge >= 0.3 is 51.4 Å². The standard InChI is InChI=1S/C10H7N6O.K/c1-6-3-2-4-16-9(6)11-5-7(10(16)17)8-12-14-15-13-8;/h2-5H,1H3;/q-1;+1/i1D3,5D;. The summed E-state index contributed by atoms with van der Waals surface area (Å²) in [5, 5.41) is 13.6. The van der Waals surface area contributed by atoms with E-state index in [1.165, 1.54) is 18.3 Å². The van der Waals surface area contributed by atoms with Crippen LogP contribution < -0.4 is 62.0 Å². The van der Waals surface area contributed by atoms with Crippen molar-refractivity contribution in [2.75, 3.05) is 0 Å². The summed E-state index contributed by atoms with van der Waals surface area (Å²) >= 11 is 0. The molecule has 7 nitrogen and oxygen atoms in total. The number of hydrogen-bond donors (Lipinski definition) is 0. The first-order chi connectivity index (χ1) is 9.89. The summed E-state index contributed by atoms with van der Waals surface area (Å²) in [6.45, 7) is -2.44. The Labute approximate surface area is 150 Å². The second kappa shape index (κ2) is 5.37. The van der Waals surface area contributed by atoms with Crippen molar-refractivity contribution in [1.82, 2.24) is 30.0 Å². The molecule has 84 valence electrons. The maximum atomic E-state index is 12.4. The van der Waals surface area contributed by atoms with Crippen molar-refractivity contribution in [3.8, 4) is 11.4 Å². The number of hydrogen-bond acceptors (Lipinski definition) is 5. The molecule has 0 aliphatic rings. The van der Waals surface area contributed by atoms with Gasteiger partial charge in [-0.1, -0.05) is 6.07 Å². The van der Waals surface area contributed by atoms with Gasteiger partial charge in [-0.15, -0.1) is 0 Å². The minimum atomic E-state index is -2.44. The fourth-order valence-corrected chi connectivity index (χ4v) is 1.45. The van der Waals surface area contributed by atoms with Crippen molar-refractivity contribution in [1.29, 1.82) is 0 Å². The van der Waals surface area contributed by atoms with Crippen molar-refractivity contribution >= 4 is 5.65 Å². The largest absolute Gasteiger partial charge is 1.00 e. The van der Waals surface area contributed by atoms with E-state index in [4.69, 9.17) is 5.48 Å². The Morgan fingerprint density at radius 1 is 1.56 bits per heavy atom. The quantitative estimate of drug-likeness (QED) is 0.433. The molecule has 3 aromatic rings. The summed E-state index contributed by atoms with van der Waals surface area (Å²) in [5.74, 6) is -0.119. The van der Waals surface area contributed by atoms with Crippen molar-refractivity contribution in [2.24, 2.45) is 0 Å². The molecule has 0 amide bonds. The molecule has 0 radical (unpaired) electrons. The van der Waals surface area contributed by atoms with Crippen LogP contribution in [0.4, 0.5) is 0 Å². The molecule has 0 aliphatic heterocycles. The van der Waals surface area contributed by atoms with Crippen molar-refractivity contribution < 1.29 is 56.9 Å². The first-order valence-corrected chi connectivity index (χ1v) is 4.61. The topological polar surface area (TPSA) is 87.1 Å². The molecule has 0 aliphatic carbocycles. The van der Waals surface area contributed by atoms with E-state index in [-0.39, 0.29) is 74.0 Å². The number of rotatable bonds is 1. The van der Waals surface area contributed by atoms with Crippen molar-refractivity contribution in [3.63, 3.8) is 0 Å². The fraction of sp³-hybridized carbons (Fsp3) is 0.100. The van der Waals surface area contributed by atoms with Gasteiger partial charge in [0, 0.05) is 22.3 Å². The number of aryl methyl sites for hydroxylation is 1. The average molecular weight is 270 g/mol. The molecule has 0 saturated carbocycles. The zero-order valence-corrected chi connectivity index (χ0v) is 12.4. The van der Waals surface area contributed by atoms with Gasteiger partial charge in [-0.05, 0) is 18.5 Å². The van der Waals surface area contributed by atoms with E-state index in [1.807, 2.05) is 0 Å². The van der Waals surface area contributed by atoms with E-state index >= 15 is 0 Å². The molecule has 0 atom stereocenters. The zero-order valence-electron chi connectivity index (χ0n) is 13.3. The second-order valence-corrected chi connectivity index (χ2v) is 3.22. The Morgan fingerprint density at radius 3 is 3.17 bits per heavy atom. The number of nitrogens with zero attached hydrogens (tertiary/aromatic N) is 6. The zero-order chi connectivity index (χ0) is 15.2. The monoisotopic (exact) mass is 270 g/mol. The smallest absolute Gasteiger partial charge is 0.330 e. The van der Waals surface area contributed by atoms with E-state index in [0.29, 0.717) is 0 Å². The van der Waals surface area contributed by atoms with Crippen LogP contribution in [0.15, 0.2) is 29.3 Å². The fourth-order valence-electron chi connectivity index (χ4n) is 1.45. The normalized spacial score (nSPS) is 14.2. The molecule has 0 aromatic carbocycles. The maximum absolute atomic E-state index is 12.4. The van der Waals surface area contributed by atoms with Gasteiger partial charge in [0.05, 0.1) is 6.93 Å². The van der Waals surface area contributed by atoms with Gasteiger partial charge in [0.1, 0.15) is 5.65 Å². The SMILES string of the molecule is [2H]c1nc2c(C([2H])([2H])[2H])cccn2c(=O)c1-c1nnn[n-]1.[K+]. The van der Waals surface area contributed by atoms with Crippen LogP contribution in [0.3, 0.4) is 0 Å². The van der Waals surface area contributed by atoms with Crippen LogP contribution in [0, 0.1) is 6.85 Å². The molecule has 0 spiro atoms. The molecule has 3 aromatic heterocycles. The molecule has 0 N–H and O–H groups in total. The van der Waals surface area contributed by atoms with E-state index < -0.39 is 18.6 Å². The predicted octanol–water partition coefficient (Wildman–Crippen LogP) is -3.18. The van der Waals surface area contributed by atoms with Crippen LogP contribution in [0.5, 0.6) is 0 Å². The molecule has 3 rings (SSSR count). The number of aromatic nitrogens is 6. The number of tetrazole rings is 1. The van der Waals surface area contributed by atoms with Crippen LogP contribution in [0.1, 0.15) is 11.0 Å². The van der Waals surface area contributed by atoms with Gasteiger partial charge in [0.2, 0.25) is 0 Å². The van der Waals surface area contributed by atoms with E-state index in [2.05, 4.69) is 25.6 Å². The summed E-state index contributed by atoms with van der Waals surface area (Å²) in [7, 11) is 0. The first-order valence-electron chi connectivity index (χ1n) is 6.61. The molecule has 3 heterocycles. The van der Waals surface area contributed by atoms with Gasteiger partial charge in [-0.2, -0.15) is 5.21 Å². The second-order valence-electron chi connectivity index (χ2n) is 3.22. The molecule has 0 saturated heterocycles. The van der Waals surface area contributed by atoms with Crippen LogP contribution in [-0.4, -0.2) is 24.9 Å². The van der Waals surface area contributed by atoms with Crippen LogP contribution in [0.2, 0.25) is 0 Å². The summed E-state index contributed by atoms with van der Waals surface area (Å²) < 4.78 is 31.3. The van der Waals surface area contributed by atoms with Crippen molar-refractivity contribution in [2.45, 2.75) is 6.85 Å². The van der Waals surface area contributed by atoms with Gasteiger partial charge in [0.15, 0.2) is 0 Å². The maximum Gasteiger partial charge on any atom is 1.00 e. The van der Waals surface area contributed by atoms with Crippen LogP contribution in [-0.2, 0) is 0 Å². The Morgan fingerprint density at radius 2 is 2.44 bits per heavy atom. The molecule has 18 heavy (non-hydrogen) atoms. The average Bonchev–Trinajstić information content (AvgIpc) is 2.90. The van der Waals surface area contributed by atoms with Gasteiger partial charge in [0.25, 0.3) is 5.56 Å². The minimum Gasteiger partial charge on any atom is -0.330 e. The van der Waals surface area contributed by atoms with E-state index in [0.717, 1.165) is 4.40 Å². The predicted molar refractivity (Wildman–Crippen MR) is 58.3 cm³/mol. The summed E-state index contributed by atoms with van der Waals surface area (Å²) in [5.41, 5.74) is -1.03. The van der Waals surface area contributed by atoms with Gasteiger partial charge in [-0.3, -0.25) is 19.5 Å². The molecular weight excluding hydrogens is 259 g/mol. The molecule has 0 bridgehead atoms. The molecule has 8 heteroatoms. The van der Waals surface area contributed by atoms with E-state index in [1.54, 1.807) is 0 Å². The summed E-state index contributed by atoms with van der Waals surface area (Å²) in [4.78, 5) is 16.3. The number of pyridine rings is 1. The first kappa shape index (κ1) is 9.05. The Bertz CT molecular complexity index is 875. The van der Waals surface area contributed by atoms with E-state index in [9.17, 15) is 4.79 Å². The Hall–Kier alpha value is -0.934. The minimum absolute atomic E-state index is 0. The van der Waals surface area contributed by atoms with Gasteiger partial charge in [-0.25, -0.2) is 4.98 Å². The molecule has 0 fully saturated rings. The molecular formula is C10H7KN6O. The van der Waals surface area contributed by atoms with Crippen LogP contribution >= 0.6 is 0 Å². The summed E-state index contributed by atoms with van der Waals surface area (Å²) in [6.07, 6.45) is 0.943. The number of fused-ring (bicyclic) bond motifs is 1. The van der Waals surface area contributed by atoms with Crippen molar-refractivity contribution in [3.05, 3.63) is 40.4 Å².